The molecule has 0 bridgehead atoms. The van der Waals surface area contributed by atoms with Crippen molar-refractivity contribution in [2.45, 2.75) is 44.6 Å². The van der Waals surface area contributed by atoms with Crippen molar-refractivity contribution in [1.82, 2.24) is 10.3 Å². The Bertz CT molecular complexity index is 369. The molecule has 0 unspecified atom stereocenters. The number of hydrogen-bond donors (Lipinski definition) is 1. The molecule has 0 saturated heterocycles. The van der Waals surface area contributed by atoms with E-state index in [1.165, 1.54) is 6.42 Å². The zero-order valence-electron chi connectivity index (χ0n) is 9.86. The molecule has 86 valence electrons. The summed E-state index contributed by atoms with van der Waals surface area (Å²) in [5, 5.41) is 3.10. The molecule has 1 aromatic heterocycles. The van der Waals surface area contributed by atoms with E-state index in [2.05, 4.69) is 10.3 Å². The Morgan fingerprint density at radius 1 is 1.38 bits per heavy atom. The fourth-order valence-corrected chi connectivity index (χ4v) is 1.82. The lowest BCUT2D eigenvalue weighted by Gasteiger charge is -2.31. The van der Waals surface area contributed by atoms with Gasteiger partial charge in [-0.1, -0.05) is 0 Å². The molecule has 0 aliphatic heterocycles. The van der Waals surface area contributed by atoms with Crippen LogP contribution in [0.3, 0.4) is 0 Å². The van der Waals surface area contributed by atoms with Crippen molar-refractivity contribution in [3.8, 4) is 0 Å². The fourth-order valence-electron chi connectivity index (χ4n) is 1.82. The summed E-state index contributed by atoms with van der Waals surface area (Å²) in [6.45, 7) is 3.91. The third kappa shape index (κ3) is 2.08. The summed E-state index contributed by atoms with van der Waals surface area (Å²) in [5.74, 6) is 0.114. The highest BCUT2D eigenvalue weighted by Crippen LogP contribution is 2.25. The molecule has 2 rings (SSSR count). The molecule has 0 atom stereocenters. The van der Waals surface area contributed by atoms with Crippen molar-refractivity contribution < 1.29 is 4.79 Å². The Hall–Kier alpha value is -1.38. The average Bonchev–Trinajstić information content (AvgIpc) is 2.24. The minimum atomic E-state index is -0.474. The highest BCUT2D eigenvalue weighted by molar-refractivity contribution is 5.87. The molecule has 0 spiro atoms. The van der Waals surface area contributed by atoms with Gasteiger partial charge in [-0.3, -0.25) is 9.78 Å². The highest BCUT2D eigenvalue weighted by Gasteiger charge is 2.32. The molecule has 1 amide bonds. The lowest BCUT2D eigenvalue weighted by Crippen LogP contribution is -2.47. The maximum Gasteiger partial charge on any atom is 0.230 e. The van der Waals surface area contributed by atoms with Gasteiger partial charge in [-0.15, -0.1) is 0 Å². The number of carbonyl (C=O) groups is 1. The number of hydrogen-bond acceptors (Lipinski definition) is 2. The van der Waals surface area contributed by atoms with Gasteiger partial charge in [0.1, 0.15) is 0 Å². The van der Waals surface area contributed by atoms with Gasteiger partial charge >= 0.3 is 0 Å². The standard InChI is InChI=1S/C13H18N2O/c1-13(2,10-6-8-14-9-7-10)12(16)15-11-4-3-5-11/h6-9,11H,3-5H2,1-2H3,(H,15,16). The molecule has 1 heterocycles. The van der Waals surface area contributed by atoms with Gasteiger partial charge in [-0.05, 0) is 50.8 Å². The summed E-state index contributed by atoms with van der Waals surface area (Å²) >= 11 is 0. The summed E-state index contributed by atoms with van der Waals surface area (Å²) in [6, 6.07) is 4.20. The van der Waals surface area contributed by atoms with E-state index >= 15 is 0 Å². The first-order valence-corrected chi connectivity index (χ1v) is 5.82. The predicted molar refractivity (Wildman–Crippen MR) is 63.0 cm³/mol. The third-order valence-electron chi connectivity index (χ3n) is 3.41. The summed E-state index contributed by atoms with van der Waals surface area (Å²) in [5.41, 5.74) is 0.540. The van der Waals surface area contributed by atoms with E-state index in [0.29, 0.717) is 6.04 Å². The summed E-state index contributed by atoms with van der Waals surface area (Å²) in [7, 11) is 0. The molecule has 1 fully saturated rings. The molecule has 0 aromatic carbocycles. The first-order valence-electron chi connectivity index (χ1n) is 5.82. The lowest BCUT2D eigenvalue weighted by molar-refractivity contribution is -0.126. The summed E-state index contributed by atoms with van der Waals surface area (Å²) in [4.78, 5) is 16.1. The normalized spacial score (nSPS) is 16.6. The largest absolute Gasteiger partial charge is 0.353 e. The van der Waals surface area contributed by atoms with Gasteiger partial charge in [-0.25, -0.2) is 0 Å². The van der Waals surface area contributed by atoms with Crippen LogP contribution in [0, 0.1) is 0 Å². The molecule has 3 nitrogen and oxygen atoms in total. The highest BCUT2D eigenvalue weighted by atomic mass is 16.2. The molecule has 1 aromatic rings. The van der Waals surface area contributed by atoms with Crippen LogP contribution in [0.5, 0.6) is 0 Å². The smallest absolute Gasteiger partial charge is 0.230 e. The maximum atomic E-state index is 12.1. The van der Waals surface area contributed by atoms with Gasteiger partial charge in [0.15, 0.2) is 0 Å². The third-order valence-corrected chi connectivity index (χ3v) is 3.41. The molecule has 1 aliphatic carbocycles. The van der Waals surface area contributed by atoms with Gasteiger partial charge in [0.05, 0.1) is 5.41 Å². The van der Waals surface area contributed by atoms with Crippen molar-refractivity contribution in [3.63, 3.8) is 0 Å². The Kier molecular flexibility index (Phi) is 2.95. The second kappa shape index (κ2) is 4.24. The van der Waals surface area contributed by atoms with Crippen molar-refractivity contribution in [1.29, 1.82) is 0 Å². The monoisotopic (exact) mass is 218 g/mol. The van der Waals surface area contributed by atoms with Crippen molar-refractivity contribution in [2.75, 3.05) is 0 Å². The van der Waals surface area contributed by atoms with Crippen LogP contribution in [0.2, 0.25) is 0 Å². The maximum absolute atomic E-state index is 12.1. The minimum absolute atomic E-state index is 0.114. The quantitative estimate of drug-likeness (QED) is 0.843. The molecule has 1 aliphatic rings. The van der Waals surface area contributed by atoms with Gasteiger partial charge < -0.3 is 5.32 Å². The SMILES string of the molecule is CC(C)(C(=O)NC1CCC1)c1ccncc1. The molecule has 1 saturated carbocycles. The van der Waals surface area contributed by atoms with Gasteiger partial charge in [-0.2, -0.15) is 0 Å². The minimum Gasteiger partial charge on any atom is -0.353 e. The number of carbonyl (C=O) groups excluding carboxylic acids is 1. The second-order valence-electron chi connectivity index (χ2n) is 4.96. The predicted octanol–water partition coefficient (Wildman–Crippen LogP) is 2.03. The van der Waals surface area contributed by atoms with Gasteiger partial charge in [0.2, 0.25) is 5.91 Å². The molecule has 1 N–H and O–H groups in total. The summed E-state index contributed by atoms with van der Waals surface area (Å²) < 4.78 is 0. The lowest BCUT2D eigenvalue weighted by atomic mass is 9.83. The Morgan fingerprint density at radius 3 is 2.50 bits per heavy atom. The number of pyridine rings is 1. The first kappa shape index (κ1) is 11.1. The van der Waals surface area contributed by atoms with Gasteiger partial charge in [0, 0.05) is 18.4 Å². The van der Waals surface area contributed by atoms with E-state index in [1.54, 1.807) is 12.4 Å². The average molecular weight is 218 g/mol. The van der Waals surface area contributed by atoms with Crippen LogP contribution in [0.1, 0.15) is 38.7 Å². The number of amides is 1. The summed E-state index contributed by atoms with van der Waals surface area (Å²) in [6.07, 6.45) is 6.94. The Labute approximate surface area is 96.3 Å². The van der Waals surface area contributed by atoms with E-state index in [9.17, 15) is 4.79 Å². The number of aromatic nitrogens is 1. The first-order chi connectivity index (χ1) is 7.60. The Morgan fingerprint density at radius 2 is 2.00 bits per heavy atom. The van der Waals surface area contributed by atoms with Crippen LogP contribution in [0.15, 0.2) is 24.5 Å². The van der Waals surface area contributed by atoms with E-state index in [1.807, 2.05) is 26.0 Å². The topological polar surface area (TPSA) is 42.0 Å². The van der Waals surface area contributed by atoms with Crippen molar-refractivity contribution in [2.24, 2.45) is 0 Å². The van der Waals surface area contributed by atoms with E-state index in [-0.39, 0.29) is 5.91 Å². The van der Waals surface area contributed by atoms with Crippen LogP contribution in [0.4, 0.5) is 0 Å². The zero-order valence-corrected chi connectivity index (χ0v) is 9.86. The molecular weight excluding hydrogens is 200 g/mol. The fraction of sp³-hybridized carbons (Fsp3) is 0.538. The molecular formula is C13H18N2O. The Balaban J connectivity index is 2.08. The van der Waals surface area contributed by atoms with E-state index in [4.69, 9.17) is 0 Å². The molecule has 0 radical (unpaired) electrons. The number of nitrogens with zero attached hydrogens (tertiary/aromatic N) is 1. The molecule has 16 heavy (non-hydrogen) atoms. The van der Waals surface area contributed by atoms with Gasteiger partial charge in [0.25, 0.3) is 0 Å². The number of rotatable bonds is 3. The van der Waals surface area contributed by atoms with Crippen molar-refractivity contribution in [3.05, 3.63) is 30.1 Å². The van der Waals surface area contributed by atoms with Crippen LogP contribution < -0.4 is 5.32 Å². The van der Waals surface area contributed by atoms with E-state index < -0.39 is 5.41 Å². The van der Waals surface area contributed by atoms with Crippen LogP contribution in [-0.4, -0.2) is 16.9 Å². The van der Waals surface area contributed by atoms with Crippen LogP contribution in [-0.2, 0) is 10.2 Å². The second-order valence-corrected chi connectivity index (χ2v) is 4.96. The zero-order chi connectivity index (χ0) is 11.6. The van der Waals surface area contributed by atoms with Crippen molar-refractivity contribution >= 4 is 5.91 Å². The van der Waals surface area contributed by atoms with E-state index in [0.717, 1.165) is 18.4 Å². The van der Waals surface area contributed by atoms with Crippen LogP contribution >= 0.6 is 0 Å². The number of nitrogens with one attached hydrogen (secondary N) is 1. The molecule has 3 heteroatoms. The van der Waals surface area contributed by atoms with Crippen LogP contribution in [0.25, 0.3) is 0 Å².